The Morgan fingerprint density at radius 2 is 2.27 bits per heavy atom. The molecule has 0 spiro atoms. The fourth-order valence-electron chi connectivity index (χ4n) is 2.26. The molecule has 0 aliphatic heterocycles. The van der Waals surface area contributed by atoms with Crippen molar-refractivity contribution in [2.75, 3.05) is 18.4 Å². The number of pyridine rings is 1. The van der Waals surface area contributed by atoms with Crippen LogP contribution in [0, 0.1) is 0 Å². The summed E-state index contributed by atoms with van der Waals surface area (Å²) in [7, 11) is 0. The van der Waals surface area contributed by atoms with Gasteiger partial charge in [-0.15, -0.1) is 5.73 Å². The number of aliphatic imine (C=N–C) groups is 1. The van der Waals surface area contributed by atoms with E-state index in [4.69, 9.17) is 11.6 Å². The molecule has 110 valence electrons. The van der Waals surface area contributed by atoms with E-state index >= 15 is 0 Å². The Labute approximate surface area is 134 Å². The van der Waals surface area contributed by atoms with Gasteiger partial charge in [0.15, 0.2) is 0 Å². The minimum absolute atomic E-state index is 0.704. The number of anilines is 1. The van der Waals surface area contributed by atoms with Gasteiger partial charge in [0.05, 0.1) is 5.52 Å². The maximum atomic E-state index is 6.00. The maximum Gasteiger partial charge on any atom is 0.0737 e. The number of hydrogen-bond acceptors (Lipinski definition) is 3. The van der Waals surface area contributed by atoms with Crippen LogP contribution in [0.5, 0.6) is 0 Å². The molecule has 2 aromatic rings. The van der Waals surface area contributed by atoms with Gasteiger partial charge in [-0.2, -0.15) is 0 Å². The average Bonchev–Trinajstić information content (AvgIpc) is 3.03. The fourth-order valence-corrected chi connectivity index (χ4v) is 2.42. The molecule has 0 fully saturated rings. The summed E-state index contributed by atoms with van der Waals surface area (Å²) in [6.07, 6.45) is 10.5. The molecule has 1 heterocycles. The second-order valence-electron chi connectivity index (χ2n) is 4.96. The van der Waals surface area contributed by atoms with Crippen LogP contribution in [0.2, 0.25) is 5.02 Å². The maximum absolute atomic E-state index is 6.00. The number of nitrogens with one attached hydrogen (secondary N) is 1. The number of nitrogens with zero attached hydrogens (tertiary/aromatic N) is 2. The first-order valence-electron chi connectivity index (χ1n) is 7.24. The third kappa shape index (κ3) is 3.64. The van der Waals surface area contributed by atoms with Gasteiger partial charge in [-0.3, -0.25) is 9.98 Å². The van der Waals surface area contributed by atoms with Crippen molar-refractivity contribution in [2.45, 2.75) is 6.42 Å². The largest absolute Gasteiger partial charge is 0.384 e. The van der Waals surface area contributed by atoms with Gasteiger partial charge in [0, 0.05) is 47.2 Å². The standard InChI is InChI=1S/C18H16ClN3/c19-15-6-7-16-17(8-11-22-18(16)12-15)21-10-3-9-20-13-14-4-1-2-5-14/h1-2,4,6-8,11-13H,3,9-10H2,(H,21,22). The molecule has 22 heavy (non-hydrogen) atoms. The van der Waals surface area contributed by atoms with E-state index in [2.05, 4.69) is 21.0 Å². The molecule has 0 amide bonds. The summed E-state index contributed by atoms with van der Waals surface area (Å²) in [5, 5.41) is 5.23. The number of benzene rings is 1. The van der Waals surface area contributed by atoms with Gasteiger partial charge >= 0.3 is 0 Å². The van der Waals surface area contributed by atoms with Gasteiger partial charge in [-0.25, -0.2) is 0 Å². The Kier molecular flexibility index (Phi) is 4.69. The quantitative estimate of drug-likeness (QED) is 0.487. The van der Waals surface area contributed by atoms with E-state index in [0.29, 0.717) is 5.02 Å². The van der Waals surface area contributed by atoms with Crippen molar-refractivity contribution < 1.29 is 0 Å². The molecule has 3 rings (SSSR count). The van der Waals surface area contributed by atoms with Gasteiger partial charge in [0.2, 0.25) is 0 Å². The third-order valence-corrected chi connectivity index (χ3v) is 3.57. The molecule has 0 unspecified atom stereocenters. The molecule has 1 N–H and O–H groups in total. The van der Waals surface area contributed by atoms with Crippen LogP contribution in [-0.4, -0.2) is 24.3 Å². The minimum atomic E-state index is 0.704. The summed E-state index contributed by atoms with van der Waals surface area (Å²) in [6.45, 7) is 1.66. The highest BCUT2D eigenvalue weighted by Crippen LogP contribution is 2.24. The summed E-state index contributed by atoms with van der Waals surface area (Å²) >= 11 is 6.00. The number of halogens is 1. The molecule has 0 bridgehead atoms. The Hall–Kier alpha value is -2.35. The van der Waals surface area contributed by atoms with Crippen molar-refractivity contribution >= 4 is 34.4 Å². The van der Waals surface area contributed by atoms with Gasteiger partial charge < -0.3 is 5.32 Å². The van der Waals surface area contributed by atoms with Crippen LogP contribution in [0.15, 0.2) is 65.0 Å². The van der Waals surface area contributed by atoms with Crippen molar-refractivity contribution in [1.29, 1.82) is 0 Å². The Morgan fingerprint density at radius 1 is 1.32 bits per heavy atom. The van der Waals surface area contributed by atoms with Crippen LogP contribution < -0.4 is 5.32 Å². The molecule has 1 aliphatic carbocycles. The second kappa shape index (κ2) is 7.08. The first-order valence-corrected chi connectivity index (χ1v) is 7.62. The van der Waals surface area contributed by atoms with Crippen LogP contribution in [0.4, 0.5) is 5.69 Å². The van der Waals surface area contributed by atoms with E-state index in [0.717, 1.165) is 41.7 Å². The lowest BCUT2D eigenvalue weighted by Gasteiger charge is -2.08. The van der Waals surface area contributed by atoms with E-state index in [9.17, 15) is 0 Å². The molecule has 0 saturated heterocycles. The van der Waals surface area contributed by atoms with Crippen molar-refractivity contribution in [2.24, 2.45) is 4.99 Å². The number of fused-ring (bicyclic) bond motifs is 1. The molecule has 1 aliphatic rings. The molecule has 1 aromatic heterocycles. The SMILES string of the molecule is Clc1ccc2c(NCCCN=CC3=C=CC=C3)ccnc2c1. The lowest BCUT2D eigenvalue weighted by molar-refractivity contribution is 0.879. The number of hydrogen-bond donors (Lipinski definition) is 1. The highest BCUT2D eigenvalue weighted by Gasteiger charge is 2.01. The summed E-state index contributed by atoms with van der Waals surface area (Å²) in [6, 6.07) is 7.74. The predicted octanol–water partition coefficient (Wildman–Crippen LogP) is 4.41. The summed E-state index contributed by atoms with van der Waals surface area (Å²) in [4.78, 5) is 8.73. The van der Waals surface area contributed by atoms with E-state index < -0.39 is 0 Å². The van der Waals surface area contributed by atoms with Crippen molar-refractivity contribution in [3.05, 3.63) is 65.0 Å². The number of allylic oxidation sites excluding steroid dienone is 3. The minimum Gasteiger partial charge on any atom is -0.384 e. The average molecular weight is 310 g/mol. The smallest absolute Gasteiger partial charge is 0.0737 e. The Bertz CT molecular complexity index is 799. The van der Waals surface area contributed by atoms with E-state index in [-0.39, 0.29) is 0 Å². The van der Waals surface area contributed by atoms with Crippen LogP contribution >= 0.6 is 11.6 Å². The first-order chi connectivity index (χ1) is 10.8. The lowest BCUT2D eigenvalue weighted by Crippen LogP contribution is -2.03. The fraction of sp³-hybridized carbons (Fsp3) is 0.167. The first kappa shape index (κ1) is 14.6. The number of rotatable bonds is 6. The molecule has 1 aromatic carbocycles. The zero-order chi connectivity index (χ0) is 15.2. The molecule has 0 atom stereocenters. The van der Waals surface area contributed by atoms with Crippen molar-refractivity contribution in [3.63, 3.8) is 0 Å². The van der Waals surface area contributed by atoms with Crippen LogP contribution in [0.1, 0.15) is 6.42 Å². The van der Waals surface area contributed by atoms with Gasteiger partial charge in [0.1, 0.15) is 0 Å². The normalized spacial score (nSPS) is 13.2. The summed E-state index contributed by atoms with van der Waals surface area (Å²) in [5.74, 6) is 0. The lowest BCUT2D eigenvalue weighted by atomic mass is 10.2. The Balaban J connectivity index is 1.53. The molecule has 3 nitrogen and oxygen atoms in total. The van der Waals surface area contributed by atoms with Gasteiger partial charge in [0.25, 0.3) is 0 Å². The number of aromatic nitrogens is 1. The Morgan fingerprint density at radius 3 is 3.14 bits per heavy atom. The summed E-state index contributed by atoms with van der Waals surface area (Å²) in [5.41, 5.74) is 6.11. The van der Waals surface area contributed by atoms with E-state index in [1.807, 2.05) is 48.7 Å². The van der Waals surface area contributed by atoms with Crippen LogP contribution in [-0.2, 0) is 0 Å². The van der Waals surface area contributed by atoms with Crippen molar-refractivity contribution in [1.82, 2.24) is 4.98 Å². The molecular formula is C18H16ClN3. The van der Waals surface area contributed by atoms with Gasteiger partial charge in [-0.05, 0) is 42.8 Å². The molecule has 0 radical (unpaired) electrons. The zero-order valence-electron chi connectivity index (χ0n) is 12.1. The third-order valence-electron chi connectivity index (χ3n) is 3.34. The van der Waals surface area contributed by atoms with Crippen LogP contribution in [0.3, 0.4) is 0 Å². The van der Waals surface area contributed by atoms with E-state index in [1.165, 1.54) is 0 Å². The second-order valence-corrected chi connectivity index (χ2v) is 5.40. The van der Waals surface area contributed by atoms with Crippen molar-refractivity contribution in [3.8, 4) is 0 Å². The monoisotopic (exact) mass is 309 g/mol. The van der Waals surface area contributed by atoms with Gasteiger partial charge in [-0.1, -0.05) is 17.7 Å². The molecule has 0 saturated carbocycles. The molecular weight excluding hydrogens is 294 g/mol. The highest BCUT2D eigenvalue weighted by molar-refractivity contribution is 6.31. The predicted molar refractivity (Wildman–Crippen MR) is 94.0 cm³/mol. The topological polar surface area (TPSA) is 37.3 Å². The van der Waals surface area contributed by atoms with Crippen LogP contribution in [0.25, 0.3) is 10.9 Å². The molecule has 4 heteroatoms. The zero-order valence-corrected chi connectivity index (χ0v) is 12.8. The van der Waals surface area contributed by atoms with E-state index in [1.54, 1.807) is 6.20 Å². The summed E-state index contributed by atoms with van der Waals surface area (Å²) < 4.78 is 0. The highest BCUT2D eigenvalue weighted by atomic mass is 35.5.